The van der Waals surface area contributed by atoms with Gasteiger partial charge in [-0.1, -0.05) is 63.2 Å². The van der Waals surface area contributed by atoms with Crippen LogP contribution in [0, 0.1) is 0 Å². The van der Waals surface area contributed by atoms with Gasteiger partial charge in [-0.15, -0.1) is 0 Å². The molecule has 0 heterocycles. The Morgan fingerprint density at radius 1 is 1.00 bits per heavy atom. The Hall–Kier alpha value is -2.27. The number of carbonyl (C=O) groups is 2. The topological polar surface area (TPSA) is 58.2 Å². The van der Waals surface area contributed by atoms with E-state index in [0.29, 0.717) is 18.5 Å². The third kappa shape index (κ3) is 6.71. The summed E-state index contributed by atoms with van der Waals surface area (Å²) in [5.41, 5.74) is 2.96. The molecular formula is C23H30N2O2S. The van der Waals surface area contributed by atoms with Gasteiger partial charge < -0.3 is 10.6 Å². The van der Waals surface area contributed by atoms with Crippen molar-refractivity contribution >= 4 is 23.6 Å². The lowest BCUT2D eigenvalue weighted by Gasteiger charge is -2.20. The molecule has 0 aliphatic rings. The first-order valence-electron chi connectivity index (χ1n) is 9.53. The van der Waals surface area contributed by atoms with E-state index in [1.807, 2.05) is 36.6 Å². The predicted molar refractivity (Wildman–Crippen MR) is 118 cm³/mol. The Labute approximate surface area is 172 Å². The van der Waals surface area contributed by atoms with Crippen LogP contribution in [0.5, 0.6) is 0 Å². The first-order chi connectivity index (χ1) is 13.3. The van der Waals surface area contributed by atoms with Crippen molar-refractivity contribution in [2.24, 2.45) is 0 Å². The minimum atomic E-state index is -0.547. The fourth-order valence-electron chi connectivity index (χ4n) is 2.77. The van der Waals surface area contributed by atoms with E-state index in [9.17, 15) is 9.59 Å². The maximum absolute atomic E-state index is 12.7. The second kappa shape index (κ2) is 10.3. The molecule has 2 aromatic carbocycles. The molecule has 28 heavy (non-hydrogen) atoms. The molecule has 2 rings (SSSR count). The van der Waals surface area contributed by atoms with Crippen LogP contribution in [0.3, 0.4) is 0 Å². The summed E-state index contributed by atoms with van der Waals surface area (Å²) in [5, 5.41) is 5.83. The van der Waals surface area contributed by atoms with Gasteiger partial charge in [-0.3, -0.25) is 9.59 Å². The van der Waals surface area contributed by atoms with Crippen molar-refractivity contribution < 1.29 is 9.59 Å². The van der Waals surface area contributed by atoms with Crippen molar-refractivity contribution in [3.05, 3.63) is 71.3 Å². The highest BCUT2D eigenvalue weighted by atomic mass is 32.2. The molecule has 2 aromatic rings. The van der Waals surface area contributed by atoms with Crippen molar-refractivity contribution in [2.75, 3.05) is 12.0 Å². The van der Waals surface area contributed by atoms with Crippen molar-refractivity contribution in [3.8, 4) is 0 Å². The van der Waals surface area contributed by atoms with Gasteiger partial charge in [0.15, 0.2) is 0 Å². The molecule has 0 aliphatic carbocycles. The molecule has 0 bridgehead atoms. The quantitative estimate of drug-likeness (QED) is 0.702. The molecule has 1 atom stereocenters. The van der Waals surface area contributed by atoms with E-state index in [-0.39, 0.29) is 17.2 Å². The molecule has 5 heteroatoms. The Morgan fingerprint density at radius 2 is 1.64 bits per heavy atom. The van der Waals surface area contributed by atoms with Gasteiger partial charge in [0, 0.05) is 12.1 Å². The van der Waals surface area contributed by atoms with E-state index in [1.165, 1.54) is 5.56 Å². The van der Waals surface area contributed by atoms with E-state index >= 15 is 0 Å². The second-order valence-corrected chi connectivity index (χ2v) is 8.82. The number of carbonyl (C=O) groups excluding carboxylic acids is 2. The molecule has 0 saturated carbocycles. The molecule has 0 aliphatic heterocycles. The van der Waals surface area contributed by atoms with Crippen molar-refractivity contribution in [2.45, 2.75) is 45.2 Å². The summed E-state index contributed by atoms with van der Waals surface area (Å²) in [4.78, 5) is 25.1. The summed E-state index contributed by atoms with van der Waals surface area (Å²) < 4.78 is 0. The Bertz CT molecular complexity index is 767. The molecule has 0 spiro atoms. The summed E-state index contributed by atoms with van der Waals surface area (Å²) in [6, 6.07) is 16.7. The van der Waals surface area contributed by atoms with Gasteiger partial charge in [-0.2, -0.15) is 11.8 Å². The van der Waals surface area contributed by atoms with E-state index in [0.717, 1.165) is 11.3 Å². The second-order valence-electron chi connectivity index (χ2n) is 7.84. The van der Waals surface area contributed by atoms with Gasteiger partial charge in [0.2, 0.25) is 5.91 Å². The van der Waals surface area contributed by atoms with Crippen LogP contribution in [0.4, 0.5) is 0 Å². The van der Waals surface area contributed by atoms with Crippen LogP contribution in [0.25, 0.3) is 0 Å². The Kier molecular flexibility index (Phi) is 8.12. The zero-order valence-corrected chi connectivity index (χ0v) is 17.9. The number of hydrogen-bond donors (Lipinski definition) is 2. The molecule has 0 saturated heterocycles. The molecule has 2 amide bonds. The summed E-state index contributed by atoms with van der Waals surface area (Å²) >= 11 is 1.66. The Morgan fingerprint density at radius 3 is 2.21 bits per heavy atom. The van der Waals surface area contributed by atoms with Crippen LogP contribution in [0.15, 0.2) is 54.6 Å². The van der Waals surface area contributed by atoms with E-state index in [4.69, 9.17) is 0 Å². The number of hydrogen-bond acceptors (Lipinski definition) is 3. The summed E-state index contributed by atoms with van der Waals surface area (Å²) in [5.74, 6) is 0.419. The van der Waals surface area contributed by atoms with Gasteiger partial charge in [-0.05, 0) is 47.1 Å². The highest BCUT2D eigenvalue weighted by Crippen LogP contribution is 2.22. The van der Waals surface area contributed by atoms with Gasteiger partial charge in [-0.25, -0.2) is 0 Å². The molecule has 0 radical (unpaired) electrons. The first-order valence-corrected chi connectivity index (χ1v) is 10.9. The highest BCUT2D eigenvalue weighted by Gasteiger charge is 2.21. The van der Waals surface area contributed by atoms with Crippen molar-refractivity contribution in [1.82, 2.24) is 10.6 Å². The van der Waals surface area contributed by atoms with Crippen LogP contribution in [-0.2, 0) is 16.8 Å². The smallest absolute Gasteiger partial charge is 0.251 e. The lowest BCUT2D eigenvalue weighted by Crippen LogP contribution is -2.46. The molecule has 0 fully saturated rings. The number of thioether (sulfide) groups is 1. The summed E-state index contributed by atoms with van der Waals surface area (Å²) in [7, 11) is 0. The maximum Gasteiger partial charge on any atom is 0.251 e. The first kappa shape index (κ1) is 22.0. The van der Waals surface area contributed by atoms with Crippen LogP contribution in [0.1, 0.15) is 48.7 Å². The monoisotopic (exact) mass is 398 g/mol. The normalized spacial score (nSPS) is 12.3. The van der Waals surface area contributed by atoms with Crippen LogP contribution < -0.4 is 10.6 Å². The molecule has 2 N–H and O–H groups in total. The fourth-order valence-corrected chi connectivity index (χ4v) is 3.24. The third-order valence-electron chi connectivity index (χ3n) is 4.56. The summed E-state index contributed by atoms with van der Waals surface area (Å²) in [6.45, 7) is 6.97. The highest BCUT2D eigenvalue weighted by molar-refractivity contribution is 7.98. The molecule has 4 nitrogen and oxygen atoms in total. The number of amides is 2. The number of rotatable bonds is 8. The minimum Gasteiger partial charge on any atom is -0.350 e. The zero-order chi connectivity index (χ0) is 20.6. The van der Waals surface area contributed by atoms with E-state index in [1.54, 1.807) is 23.9 Å². The van der Waals surface area contributed by atoms with Gasteiger partial charge in [0.25, 0.3) is 5.91 Å². The van der Waals surface area contributed by atoms with Crippen LogP contribution in [0.2, 0.25) is 0 Å². The minimum absolute atomic E-state index is 0.104. The van der Waals surface area contributed by atoms with Gasteiger partial charge in [0.05, 0.1) is 0 Å². The van der Waals surface area contributed by atoms with Crippen LogP contribution in [-0.4, -0.2) is 29.9 Å². The van der Waals surface area contributed by atoms with Gasteiger partial charge >= 0.3 is 0 Å². The molecule has 0 aromatic heterocycles. The zero-order valence-electron chi connectivity index (χ0n) is 17.1. The van der Waals surface area contributed by atoms with E-state index < -0.39 is 6.04 Å². The Balaban J connectivity index is 1.97. The van der Waals surface area contributed by atoms with Crippen LogP contribution >= 0.6 is 11.8 Å². The number of nitrogens with one attached hydrogen (secondary N) is 2. The lowest BCUT2D eigenvalue weighted by molar-refractivity contribution is -0.123. The SMILES string of the molecule is CSCCC(NC(=O)c1ccccc1)C(=O)NCc1ccc(C(C)(C)C)cc1. The average Bonchev–Trinajstić information content (AvgIpc) is 2.69. The standard InChI is InChI=1S/C23H30N2O2S/c1-23(2,3)19-12-10-17(11-13-19)16-24-22(27)20(14-15-28-4)25-21(26)18-8-6-5-7-9-18/h5-13,20H,14-16H2,1-4H3,(H,24,27)(H,25,26). The van der Waals surface area contributed by atoms with Crippen molar-refractivity contribution in [1.29, 1.82) is 0 Å². The average molecular weight is 399 g/mol. The molecule has 1 unspecified atom stereocenters. The molecular weight excluding hydrogens is 368 g/mol. The molecule has 150 valence electrons. The lowest BCUT2D eigenvalue weighted by atomic mass is 9.87. The van der Waals surface area contributed by atoms with Crippen molar-refractivity contribution in [3.63, 3.8) is 0 Å². The summed E-state index contributed by atoms with van der Waals surface area (Å²) in [6.07, 6.45) is 2.58. The van der Waals surface area contributed by atoms with E-state index in [2.05, 4.69) is 43.5 Å². The maximum atomic E-state index is 12.7. The largest absolute Gasteiger partial charge is 0.350 e. The third-order valence-corrected chi connectivity index (χ3v) is 5.20. The van der Waals surface area contributed by atoms with Gasteiger partial charge in [0.1, 0.15) is 6.04 Å². The number of benzene rings is 2. The predicted octanol–water partition coefficient (Wildman–Crippen LogP) is 4.15. The fraction of sp³-hybridized carbons (Fsp3) is 0.391.